The minimum atomic E-state index is -0.205. The van der Waals surface area contributed by atoms with E-state index in [1.54, 1.807) is 6.92 Å². The third kappa shape index (κ3) is 6.49. The van der Waals surface area contributed by atoms with Gasteiger partial charge >= 0.3 is 0 Å². The van der Waals surface area contributed by atoms with Crippen molar-refractivity contribution in [1.29, 1.82) is 0 Å². The molecule has 0 aromatic carbocycles. The lowest BCUT2D eigenvalue weighted by atomic mass is 10.4. The predicted molar refractivity (Wildman–Crippen MR) is 54.6 cm³/mol. The maximum Gasteiger partial charge on any atom is 0.232 e. The smallest absolute Gasteiger partial charge is 0.232 e. The molecule has 0 spiro atoms. The van der Waals surface area contributed by atoms with Crippen LogP contribution in [0.25, 0.3) is 0 Å². The number of rotatable bonds is 6. The van der Waals surface area contributed by atoms with Crippen LogP contribution in [0.1, 0.15) is 20.3 Å². The summed E-state index contributed by atoms with van der Waals surface area (Å²) >= 11 is 4.01. The van der Waals surface area contributed by atoms with Crippen molar-refractivity contribution in [3.8, 4) is 0 Å². The van der Waals surface area contributed by atoms with Crippen molar-refractivity contribution in [3.63, 3.8) is 0 Å². The van der Waals surface area contributed by atoms with E-state index >= 15 is 0 Å². The van der Waals surface area contributed by atoms with Gasteiger partial charge in [-0.3, -0.25) is 4.79 Å². The summed E-state index contributed by atoms with van der Waals surface area (Å²) in [4.78, 5) is 11.0. The second-order valence-corrected chi connectivity index (χ2v) is 3.45. The molecule has 72 valence electrons. The lowest BCUT2D eigenvalue weighted by Gasteiger charge is -2.06. The van der Waals surface area contributed by atoms with Crippen LogP contribution in [0.15, 0.2) is 0 Å². The number of nitrogens with one attached hydrogen (secondary N) is 2. The van der Waals surface area contributed by atoms with E-state index in [2.05, 4.69) is 30.2 Å². The summed E-state index contributed by atoms with van der Waals surface area (Å²) in [6.45, 7) is 6.50. The minimum Gasteiger partial charge on any atom is -0.355 e. The van der Waals surface area contributed by atoms with Crippen molar-refractivity contribution >= 4 is 18.5 Å². The molecule has 0 fully saturated rings. The summed E-state index contributed by atoms with van der Waals surface area (Å²) in [5.41, 5.74) is 0. The average Bonchev–Trinajstić information content (AvgIpc) is 2.03. The Labute approximate surface area is 79.7 Å². The highest BCUT2D eigenvalue weighted by Gasteiger charge is 2.04. The van der Waals surface area contributed by atoms with Crippen LogP contribution in [0.5, 0.6) is 0 Å². The number of hydrogen-bond donors (Lipinski definition) is 3. The molecule has 12 heavy (non-hydrogen) atoms. The molecule has 1 atom stereocenters. The minimum absolute atomic E-state index is 0.00910. The van der Waals surface area contributed by atoms with Crippen LogP contribution in [-0.4, -0.2) is 30.8 Å². The molecular formula is C8H18N2OS. The highest BCUT2D eigenvalue weighted by atomic mass is 32.1. The molecule has 0 aliphatic heterocycles. The summed E-state index contributed by atoms with van der Waals surface area (Å²) in [5, 5.41) is 5.76. The van der Waals surface area contributed by atoms with Gasteiger partial charge in [0.25, 0.3) is 0 Å². The van der Waals surface area contributed by atoms with E-state index < -0.39 is 0 Å². The summed E-state index contributed by atoms with van der Waals surface area (Å²) in [5.74, 6) is 0.00910. The zero-order valence-corrected chi connectivity index (χ0v) is 8.66. The van der Waals surface area contributed by atoms with Gasteiger partial charge in [-0.15, -0.1) is 0 Å². The molecule has 0 radical (unpaired) electrons. The van der Waals surface area contributed by atoms with Gasteiger partial charge in [-0.05, 0) is 26.4 Å². The molecule has 0 rings (SSSR count). The Morgan fingerprint density at radius 3 is 2.67 bits per heavy atom. The fraction of sp³-hybridized carbons (Fsp3) is 0.875. The fourth-order valence-corrected chi connectivity index (χ4v) is 0.841. The number of thiol groups is 1. The van der Waals surface area contributed by atoms with Crippen LogP contribution in [0.4, 0.5) is 0 Å². The molecule has 0 aliphatic carbocycles. The quantitative estimate of drug-likeness (QED) is 0.420. The monoisotopic (exact) mass is 190 g/mol. The van der Waals surface area contributed by atoms with Gasteiger partial charge in [0.2, 0.25) is 5.91 Å². The standard InChI is InChI=1S/C8H18N2OS/c1-3-9-5-4-6-10-8(11)7(2)12/h7,9,12H,3-6H2,1-2H3,(H,10,11). The van der Waals surface area contributed by atoms with Crippen molar-refractivity contribution in [2.24, 2.45) is 0 Å². The van der Waals surface area contributed by atoms with Gasteiger partial charge in [0, 0.05) is 6.54 Å². The van der Waals surface area contributed by atoms with Gasteiger partial charge in [0.15, 0.2) is 0 Å². The molecule has 0 saturated carbocycles. The molecule has 1 amide bonds. The van der Waals surface area contributed by atoms with Gasteiger partial charge in [0.05, 0.1) is 5.25 Å². The topological polar surface area (TPSA) is 41.1 Å². The first-order chi connectivity index (χ1) is 5.68. The lowest BCUT2D eigenvalue weighted by Crippen LogP contribution is -2.32. The first-order valence-corrected chi connectivity index (χ1v) is 4.86. The van der Waals surface area contributed by atoms with Gasteiger partial charge in [-0.1, -0.05) is 6.92 Å². The van der Waals surface area contributed by atoms with Crippen LogP contribution < -0.4 is 10.6 Å². The van der Waals surface area contributed by atoms with Crippen LogP contribution in [0.3, 0.4) is 0 Å². The summed E-state index contributed by atoms with van der Waals surface area (Å²) in [7, 11) is 0. The molecule has 3 nitrogen and oxygen atoms in total. The summed E-state index contributed by atoms with van der Waals surface area (Å²) < 4.78 is 0. The first kappa shape index (κ1) is 11.8. The molecule has 0 bridgehead atoms. The zero-order valence-electron chi connectivity index (χ0n) is 7.76. The van der Waals surface area contributed by atoms with Gasteiger partial charge in [-0.25, -0.2) is 0 Å². The van der Waals surface area contributed by atoms with E-state index in [4.69, 9.17) is 0 Å². The number of hydrogen-bond acceptors (Lipinski definition) is 3. The van der Waals surface area contributed by atoms with E-state index in [0.29, 0.717) is 0 Å². The Bertz CT molecular complexity index is 128. The summed E-state index contributed by atoms with van der Waals surface area (Å²) in [6, 6.07) is 0. The SMILES string of the molecule is CCNCCCNC(=O)C(C)S. The van der Waals surface area contributed by atoms with Crippen molar-refractivity contribution < 1.29 is 4.79 Å². The maximum atomic E-state index is 11.0. The van der Waals surface area contributed by atoms with Crippen molar-refractivity contribution in [3.05, 3.63) is 0 Å². The molecule has 0 saturated heterocycles. The number of amides is 1. The van der Waals surface area contributed by atoms with Crippen molar-refractivity contribution in [2.75, 3.05) is 19.6 Å². The average molecular weight is 190 g/mol. The van der Waals surface area contributed by atoms with E-state index in [-0.39, 0.29) is 11.2 Å². The molecular weight excluding hydrogens is 172 g/mol. The second-order valence-electron chi connectivity index (χ2n) is 2.67. The second kappa shape index (κ2) is 7.43. The third-order valence-corrected chi connectivity index (χ3v) is 1.69. The molecule has 0 aliphatic rings. The van der Waals surface area contributed by atoms with E-state index in [1.165, 1.54) is 0 Å². The predicted octanol–water partition coefficient (Wildman–Crippen LogP) is 0.420. The van der Waals surface area contributed by atoms with E-state index in [9.17, 15) is 4.79 Å². The highest BCUT2D eigenvalue weighted by molar-refractivity contribution is 7.81. The molecule has 4 heteroatoms. The Morgan fingerprint density at radius 2 is 2.17 bits per heavy atom. The van der Waals surface area contributed by atoms with Crippen LogP contribution in [0.2, 0.25) is 0 Å². The van der Waals surface area contributed by atoms with Crippen LogP contribution in [-0.2, 0) is 4.79 Å². The van der Waals surface area contributed by atoms with Crippen molar-refractivity contribution in [1.82, 2.24) is 10.6 Å². The highest BCUT2D eigenvalue weighted by Crippen LogP contribution is 1.90. The number of carbonyl (C=O) groups is 1. The van der Waals surface area contributed by atoms with Gasteiger partial charge < -0.3 is 10.6 Å². The first-order valence-electron chi connectivity index (χ1n) is 4.35. The largest absolute Gasteiger partial charge is 0.355 e. The van der Waals surface area contributed by atoms with Crippen LogP contribution >= 0.6 is 12.6 Å². The van der Waals surface area contributed by atoms with Crippen LogP contribution in [0, 0.1) is 0 Å². The lowest BCUT2D eigenvalue weighted by molar-refractivity contribution is -0.120. The number of carbonyl (C=O) groups excluding carboxylic acids is 1. The summed E-state index contributed by atoms with van der Waals surface area (Å²) in [6.07, 6.45) is 0.972. The molecule has 2 N–H and O–H groups in total. The third-order valence-electron chi connectivity index (χ3n) is 1.46. The molecule has 1 unspecified atom stereocenters. The normalized spacial score (nSPS) is 12.6. The Kier molecular flexibility index (Phi) is 7.29. The van der Waals surface area contributed by atoms with Gasteiger partial charge in [0.1, 0.15) is 0 Å². The molecule has 0 aromatic heterocycles. The molecule has 0 aromatic rings. The van der Waals surface area contributed by atoms with E-state index in [0.717, 1.165) is 26.1 Å². The Hall–Kier alpha value is -0.220. The Balaban J connectivity index is 3.14. The van der Waals surface area contributed by atoms with Crippen molar-refractivity contribution in [2.45, 2.75) is 25.5 Å². The fourth-order valence-electron chi connectivity index (χ4n) is 0.749. The maximum absolute atomic E-state index is 11.0. The van der Waals surface area contributed by atoms with Gasteiger partial charge in [-0.2, -0.15) is 12.6 Å². The molecule has 0 heterocycles. The Morgan fingerprint density at radius 1 is 1.50 bits per heavy atom. The zero-order chi connectivity index (χ0) is 9.40. The van der Waals surface area contributed by atoms with E-state index in [1.807, 2.05) is 0 Å².